The summed E-state index contributed by atoms with van der Waals surface area (Å²) in [6, 6.07) is 8.10. The Morgan fingerprint density at radius 2 is 2.24 bits per heavy atom. The molecule has 1 saturated heterocycles. The Balaban J connectivity index is 1.62. The second kappa shape index (κ2) is 6.48. The molecule has 2 aliphatic rings. The Morgan fingerprint density at radius 3 is 3.05 bits per heavy atom. The van der Waals surface area contributed by atoms with Crippen molar-refractivity contribution in [2.45, 2.75) is 44.8 Å². The van der Waals surface area contributed by atoms with Crippen molar-refractivity contribution in [1.29, 1.82) is 0 Å². The molecule has 2 unspecified atom stereocenters. The molecule has 4 nitrogen and oxygen atoms in total. The number of para-hydroxylation sites is 1. The fourth-order valence-corrected chi connectivity index (χ4v) is 3.33. The van der Waals surface area contributed by atoms with Crippen molar-refractivity contribution < 1.29 is 14.3 Å². The normalized spacial score (nSPS) is 25.2. The molecule has 0 radical (unpaired) electrons. The lowest BCUT2D eigenvalue weighted by Crippen LogP contribution is -2.49. The molecule has 0 aliphatic carbocycles. The van der Waals surface area contributed by atoms with Crippen LogP contribution in [0.2, 0.25) is 0 Å². The van der Waals surface area contributed by atoms with Gasteiger partial charge in [-0.15, -0.1) is 0 Å². The maximum Gasteiger partial charge on any atom is 0.323 e. The highest BCUT2D eigenvalue weighted by molar-refractivity contribution is 5.75. The zero-order valence-corrected chi connectivity index (χ0v) is 12.6. The zero-order valence-electron chi connectivity index (χ0n) is 12.6. The summed E-state index contributed by atoms with van der Waals surface area (Å²) in [5, 5.41) is 0. The van der Waals surface area contributed by atoms with Gasteiger partial charge in [0, 0.05) is 13.0 Å². The van der Waals surface area contributed by atoms with E-state index in [9.17, 15) is 4.79 Å². The molecule has 0 amide bonds. The number of carbonyl (C=O) groups excluding carboxylic acids is 1. The lowest BCUT2D eigenvalue weighted by Gasteiger charge is -2.35. The molecule has 2 atom stereocenters. The van der Waals surface area contributed by atoms with Crippen LogP contribution in [-0.4, -0.2) is 42.7 Å². The molecule has 0 aromatic heterocycles. The summed E-state index contributed by atoms with van der Waals surface area (Å²) in [4.78, 5) is 14.3. The molecule has 0 spiro atoms. The molecule has 0 bridgehead atoms. The van der Waals surface area contributed by atoms with E-state index in [0.29, 0.717) is 6.61 Å². The average Bonchev–Trinajstić information content (AvgIpc) is 2.90. The van der Waals surface area contributed by atoms with Crippen LogP contribution in [0.1, 0.15) is 31.7 Å². The molecule has 4 heteroatoms. The number of hydrogen-bond donors (Lipinski definition) is 0. The fraction of sp³-hybridized carbons (Fsp3) is 0.588. The van der Waals surface area contributed by atoms with Crippen LogP contribution in [0.15, 0.2) is 24.3 Å². The number of likely N-dealkylation sites (tertiary alicyclic amines) is 1. The third-order valence-corrected chi connectivity index (χ3v) is 4.32. The van der Waals surface area contributed by atoms with Crippen LogP contribution in [0, 0.1) is 0 Å². The third-order valence-electron chi connectivity index (χ3n) is 4.32. The molecule has 1 aromatic rings. The van der Waals surface area contributed by atoms with E-state index in [1.54, 1.807) is 0 Å². The molecule has 0 N–H and O–H groups in total. The first-order chi connectivity index (χ1) is 10.3. The quantitative estimate of drug-likeness (QED) is 0.798. The molecule has 3 rings (SSSR count). The van der Waals surface area contributed by atoms with Crippen molar-refractivity contribution in [3.63, 3.8) is 0 Å². The van der Waals surface area contributed by atoms with Crippen LogP contribution >= 0.6 is 0 Å². The van der Waals surface area contributed by atoms with Gasteiger partial charge in [-0.05, 0) is 37.9 Å². The van der Waals surface area contributed by atoms with Crippen molar-refractivity contribution >= 4 is 5.97 Å². The Labute approximate surface area is 126 Å². The van der Waals surface area contributed by atoms with Crippen LogP contribution < -0.4 is 4.74 Å². The molecule has 2 heterocycles. The van der Waals surface area contributed by atoms with Gasteiger partial charge in [0.2, 0.25) is 0 Å². The molecule has 21 heavy (non-hydrogen) atoms. The first kappa shape index (κ1) is 14.4. The van der Waals surface area contributed by atoms with E-state index in [0.717, 1.165) is 44.5 Å². The SMILES string of the molecule is CCOC(=O)C1CCCCN1CC1Cc2ccccc2O1. The molecular formula is C17H23NO3. The van der Waals surface area contributed by atoms with E-state index in [2.05, 4.69) is 11.0 Å². The monoisotopic (exact) mass is 289 g/mol. The van der Waals surface area contributed by atoms with Crippen molar-refractivity contribution in [2.24, 2.45) is 0 Å². The van der Waals surface area contributed by atoms with Gasteiger partial charge < -0.3 is 9.47 Å². The van der Waals surface area contributed by atoms with Gasteiger partial charge in [0.15, 0.2) is 0 Å². The minimum Gasteiger partial charge on any atom is -0.488 e. The number of piperidine rings is 1. The number of benzene rings is 1. The smallest absolute Gasteiger partial charge is 0.323 e. The highest BCUT2D eigenvalue weighted by Crippen LogP contribution is 2.29. The number of hydrogen-bond acceptors (Lipinski definition) is 4. The first-order valence-electron chi connectivity index (χ1n) is 7.93. The topological polar surface area (TPSA) is 38.8 Å². The second-order valence-corrected chi connectivity index (χ2v) is 5.81. The van der Waals surface area contributed by atoms with Gasteiger partial charge in [0.1, 0.15) is 17.9 Å². The number of esters is 1. The summed E-state index contributed by atoms with van der Waals surface area (Å²) >= 11 is 0. The van der Waals surface area contributed by atoms with E-state index < -0.39 is 0 Å². The van der Waals surface area contributed by atoms with Crippen molar-refractivity contribution in [3.05, 3.63) is 29.8 Å². The Morgan fingerprint density at radius 1 is 1.38 bits per heavy atom. The van der Waals surface area contributed by atoms with Gasteiger partial charge >= 0.3 is 5.97 Å². The largest absolute Gasteiger partial charge is 0.488 e. The first-order valence-corrected chi connectivity index (χ1v) is 7.93. The minimum atomic E-state index is -0.0917. The predicted molar refractivity (Wildman–Crippen MR) is 80.4 cm³/mol. The maximum absolute atomic E-state index is 12.1. The van der Waals surface area contributed by atoms with Crippen LogP contribution in [0.5, 0.6) is 5.75 Å². The summed E-state index contributed by atoms with van der Waals surface area (Å²) in [7, 11) is 0. The van der Waals surface area contributed by atoms with E-state index in [1.807, 2.05) is 25.1 Å². The van der Waals surface area contributed by atoms with Gasteiger partial charge in [0.25, 0.3) is 0 Å². The van der Waals surface area contributed by atoms with E-state index >= 15 is 0 Å². The van der Waals surface area contributed by atoms with Crippen LogP contribution in [0.4, 0.5) is 0 Å². The van der Waals surface area contributed by atoms with Crippen LogP contribution in [0.25, 0.3) is 0 Å². The molecule has 0 saturated carbocycles. The lowest BCUT2D eigenvalue weighted by molar-refractivity contribution is -0.151. The minimum absolute atomic E-state index is 0.0762. The van der Waals surface area contributed by atoms with Crippen LogP contribution in [0.3, 0.4) is 0 Å². The molecule has 1 aromatic carbocycles. The predicted octanol–water partition coefficient (Wildman–Crippen LogP) is 2.41. The van der Waals surface area contributed by atoms with Gasteiger partial charge in [-0.3, -0.25) is 9.69 Å². The Kier molecular flexibility index (Phi) is 4.44. The highest BCUT2D eigenvalue weighted by Gasteiger charge is 2.33. The zero-order chi connectivity index (χ0) is 14.7. The van der Waals surface area contributed by atoms with Crippen molar-refractivity contribution in [1.82, 2.24) is 4.90 Å². The summed E-state index contributed by atoms with van der Waals surface area (Å²) in [6.07, 6.45) is 4.24. The number of nitrogens with zero attached hydrogens (tertiary/aromatic N) is 1. The molecule has 1 fully saturated rings. The van der Waals surface area contributed by atoms with Gasteiger partial charge in [-0.2, -0.15) is 0 Å². The maximum atomic E-state index is 12.1. The summed E-state index contributed by atoms with van der Waals surface area (Å²) in [6.45, 7) is 4.08. The Hall–Kier alpha value is -1.55. The molecule has 114 valence electrons. The second-order valence-electron chi connectivity index (χ2n) is 5.81. The van der Waals surface area contributed by atoms with Crippen LogP contribution in [-0.2, 0) is 16.0 Å². The van der Waals surface area contributed by atoms with E-state index in [4.69, 9.17) is 9.47 Å². The molecule has 2 aliphatic heterocycles. The van der Waals surface area contributed by atoms with Gasteiger partial charge in [-0.1, -0.05) is 24.6 Å². The van der Waals surface area contributed by atoms with Crippen molar-refractivity contribution in [2.75, 3.05) is 19.7 Å². The summed E-state index contributed by atoms with van der Waals surface area (Å²) < 4.78 is 11.2. The van der Waals surface area contributed by atoms with E-state index in [-0.39, 0.29) is 18.1 Å². The lowest BCUT2D eigenvalue weighted by atomic mass is 10.0. The number of fused-ring (bicyclic) bond motifs is 1. The molecular weight excluding hydrogens is 266 g/mol. The van der Waals surface area contributed by atoms with Crippen molar-refractivity contribution in [3.8, 4) is 5.75 Å². The average molecular weight is 289 g/mol. The third kappa shape index (κ3) is 3.21. The van der Waals surface area contributed by atoms with Gasteiger partial charge in [0.05, 0.1) is 6.61 Å². The highest BCUT2D eigenvalue weighted by atomic mass is 16.5. The summed E-state index contributed by atoms with van der Waals surface area (Å²) in [5.41, 5.74) is 1.27. The number of rotatable bonds is 4. The summed E-state index contributed by atoms with van der Waals surface area (Å²) in [5.74, 6) is 0.917. The number of carbonyl (C=O) groups is 1. The van der Waals surface area contributed by atoms with Gasteiger partial charge in [-0.25, -0.2) is 0 Å². The van der Waals surface area contributed by atoms with E-state index in [1.165, 1.54) is 5.56 Å². The number of ether oxygens (including phenoxy) is 2. The fourth-order valence-electron chi connectivity index (χ4n) is 3.33. The Bertz CT molecular complexity index is 478. The standard InChI is InChI=1S/C17H23NO3/c1-2-20-17(19)15-8-5-6-10-18(15)12-14-11-13-7-3-4-9-16(13)21-14/h3-4,7,9,14-15H,2,5-6,8,10-12H2,1H3.